The molecule has 1 saturated heterocycles. The summed E-state index contributed by atoms with van der Waals surface area (Å²) in [5, 5.41) is 2.55. The van der Waals surface area contributed by atoms with Gasteiger partial charge in [0.2, 0.25) is 0 Å². The molecule has 0 radical (unpaired) electrons. The van der Waals surface area contributed by atoms with E-state index in [1.165, 1.54) is 18.9 Å². The van der Waals surface area contributed by atoms with Gasteiger partial charge in [-0.3, -0.25) is 4.79 Å². The molecule has 6 nitrogen and oxygen atoms in total. The molecule has 1 fully saturated rings. The van der Waals surface area contributed by atoms with E-state index in [1.807, 2.05) is 0 Å². The fourth-order valence-corrected chi connectivity index (χ4v) is 3.37. The van der Waals surface area contributed by atoms with Crippen molar-refractivity contribution in [2.45, 2.75) is 0 Å². The lowest BCUT2D eigenvalue weighted by Gasteiger charge is -2.10. The molecule has 0 aromatic heterocycles. The van der Waals surface area contributed by atoms with E-state index in [0.717, 1.165) is 0 Å². The van der Waals surface area contributed by atoms with Crippen LogP contribution in [0, 0.1) is 0 Å². The third-order valence-corrected chi connectivity index (χ3v) is 4.82. The third-order valence-electron chi connectivity index (χ3n) is 3.66. The van der Waals surface area contributed by atoms with Gasteiger partial charge in [0.05, 0.1) is 24.7 Å². The van der Waals surface area contributed by atoms with E-state index < -0.39 is 5.97 Å². The van der Waals surface area contributed by atoms with Crippen molar-refractivity contribution in [2.75, 3.05) is 14.2 Å². The Morgan fingerprint density at radius 3 is 2.41 bits per heavy atom. The second kappa shape index (κ2) is 8.24. The molecule has 1 amide bonds. The molecule has 0 bridgehead atoms. The topological polar surface area (TPSA) is 73.9 Å². The SMILES string of the molecule is COc1ccc(C(=O)Oc2cc(/C=C3\SC(=S)NC3=O)ccc2OC)cc1. The summed E-state index contributed by atoms with van der Waals surface area (Å²) in [5.74, 6) is 0.507. The average Bonchev–Trinajstić information content (AvgIpc) is 2.99. The van der Waals surface area contributed by atoms with Crippen LogP contribution in [0.2, 0.25) is 0 Å². The van der Waals surface area contributed by atoms with E-state index in [0.29, 0.717) is 31.9 Å². The maximum Gasteiger partial charge on any atom is 0.343 e. The molecule has 2 aromatic carbocycles. The minimum atomic E-state index is -0.532. The largest absolute Gasteiger partial charge is 0.497 e. The molecule has 2 aromatic rings. The summed E-state index contributed by atoms with van der Waals surface area (Å²) in [6, 6.07) is 11.6. The van der Waals surface area contributed by atoms with Crippen molar-refractivity contribution in [1.29, 1.82) is 0 Å². The molecule has 3 rings (SSSR count). The van der Waals surface area contributed by atoms with Gasteiger partial charge in [0, 0.05) is 0 Å². The number of ether oxygens (including phenoxy) is 3. The zero-order chi connectivity index (χ0) is 19.4. The molecule has 27 heavy (non-hydrogen) atoms. The third kappa shape index (κ3) is 4.47. The van der Waals surface area contributed by atoms with Gasteiger partial charge in [-0.15, -0.1) is 0 Å². The highest BCUT2D eigenvalue weighted by Gasteiger charge is 2.22. The number of carbonyl (C=O) groups is 2. The number of methoxy groups -OCH3 is 2. The summed E-state index contributed by atoms with van der Waals surface area (Å²) in [4.78, 5) is 24.7. The van der Waals surface area contributed by atoms with Gasteiger partial charge in [-0.2, -0.15) is 0 Å². The predicted molar refractivity (Wildman–Crippen MR) is 107 cm³/mol. The molecule has 0 spiro atoms. The molecular weight excluding hydrogens is 386 g/mol. The standard InChI is InChI=1S/C19H15NO5S2/c1-23-13-6-4-12(5-7-13)18(22)25-15-9-11(3-8-14(15)24-2)10-16-17(21)20-19(26)27-16/h3-10H,1-2H3,(H,20,21,26)/b16-10-. The minimum absolute atomic E-state index is 0.249. The van der Waals surface area contributed by atoms with Gasteiger partial charge < -0.3 is 19.5 Å². The van der Waals surface area contributed by atoms with Gasteiger partial charge in [-0.25, -0.2) is 4.79 Å². The van der Waals surface area contributed by atoms with Crippen molar-refractivity contribution in [1.82, 2.24) is 5.32 Å². The number of benzene rings is 2. The monoisotopic (exact) mass is 401 g/mol. The number of thiocarbonyl (C=S) groups is 1. The van der Waals surface area contributed by atoms with Crippen molar-refractivity contribution >= 4 is 46.3 Å². The molecule has 0 saturated carbocycles. The summed E-state index contributed by atoms with van der Waals surface area (Å²) in [7, 11) is 3.03. The highest BCUT2D eigenvalue weighted by atomic mass is 32.2. The second-order valence-corrected chi connectivity index (χ2v) is 7.10. The van der Waals surface area contributed by atoms with Gasteiger partial charge in [0.1, 0.15) is 10.1 Å². The van der Waals surface area contributed by atoms with Crippen LogP contribution in [0.4, 0.5) is 0 Å². The Labute approximate surface area is 165 Å². The minimum Gasteiger partial charge on any atom is -0.497 e. The van der Waals surface area contributed by atoms with Crippen LogP contribution in [0.3, 0.4) is 0 Å². The van der Waals surface area contributed by atoms with Crippen LogP contribution < -0.4 is 19.5 Å². The van der Waals surface area contributed by atoms with Crippen molar-refractivity contribution < 1.29 is 23.8 Å². The zero-order valence-corrected chi connectivity index (χ0v) is 16.1. The summed E-state index contributed by atoms with van der Waals surface area (Å²) in [6.07, 6.45) is 1.67. The van der Waals surface area contributed by atoms with Crippen LogP contribution in [0.1, 0.15) is 15.9 Å². The summed E-state index contributed by atoms with van der Waals surface area (Å²) >= 11 is 6.16. The number of hydrogen-bond acceptors (Lipinski definition) is 7. The maximum atomic E-state index is 12.4. The first kappa shape index (κ1) is 18.9. The van der Waals surface area contributed by atoms with Crippen molar-refractivity contribution in [3.8, 4) is 17.2 Å². The van der Waals surface area contributed by atoms with Gasteiger partial charge in [0.15, 0.2) is 11.5 Å². The molecule has 0 unspecified atom stereocenters. The van der Waals surface area contributed by atoms with E-state index >= 15 is 0 Å². The number of rotatable bonds is 5. The van der Waals surface area contributed by atoms with Crippen LogP contribution >= 0.6 is 24.0 Å². The molecule has 1 aliphatic heterocycles. The summed E-state index contributed by atoms with van der Waals surface area (Å²) in [6.45, 7) is 0. The van der Waals surface area contributed by atoms with E-state index in [9.17, 15) is 9.59 Å². The highest BCUT2D eigenvalue weighted by Crippen LogP contribution is 2.32. The van der Waals surface area contributed by atoms with Crippen molar-refractivity contribution in [2.24, 2.45) is 0 Å². The first-order chi connectivity index (χ1) is 13.0. The molecule has 0 aliphatic carbocycles. The number of nitrogens with one attached hydrogen (secondary N) is 1. The quantitative estimate of drug-likeness (QED) is 0.356. The summed E-state index contributed by atoms with van der Waals surface area (Å²) in [5.41, 5.74) is 1.05. The molecule has 8 heteroatoms. The second-order valence-electron chi connectivity index (χ2n) is 5.38. The highest BCUT2D eigenvalue weighted by molar-refractivity contribution is 8.26. The Bertz CT molecular complexity index is 938. The van der Waals surface area contributed by atoms with Crippen LogP contribution in [0.5, 0.6) is 17.2 Å². The predicted octanol–water partition coefficient (Wildman–Crippen LogP) is 3.41. The van der Waals surface area contributed by atoms with Gasteiger partial charge in [-0.05, 0) is 48.0 Å². The smallest absolute Gasteiger partial charge is 0.343 e. The number of thioether (sulfide) groups is 1. The fourth-order valence-electron chi connectivity index (χ4n) is 2.32. The molecule has 1 heterocycles. The molecule has 138 valence electrons. The van der Waals surface area contributed by atoms with Crippen molar-refractivity contribution in [3.63, 3.8) is 0 Å². The molecular formula is C19H15NO5S2. The van der Waals surface area contributed by atoms with Crippen LogP contribution in [-0.2, 0) is 4.79 Å². The number of amides is 1. The normalized spacial score (nSPS) is 14.8. The molecule has 0 atom stereocenters. The zero-order valence-electron chi connectivity index (χ0n) is 14.5. The molecule has 1 aliphatic rings. The van der Waals surface area contributed by atoms with E-state index in [1.54, 1.807) is 55.7 Å². The van der Waals surface area contributed by atoms with Crippen molar-refractivity contribution in [3.05, 3.63) is 58.5 Å². The first-order valence-electron chi connectivity index (χ1n) is 7.79. The lowest BCUT2D eigenvalue weighted by Crippen LogP contribution is -2.17. The van der Waals surface area contributed by atoms with Crippen LogP contribution in [0.15, 0.2) is 47.4 Å². The Hall–Kier alpha value is -2.84. The Morgan fingerprint density at radius 1 is 1.07 bits per heavy atom. The van der Waals surface area contributed by atoms with Crippen LogP contribution in [0.25, 0.3) is 6.08 Å². The summed E-state index contributed by atoms with van der Waals surface area (Å²) < 4.78 is 16.2. The maximum absolute atomic E-state index is 12.4. The lowest BCUT2D eigenvalue weighted by molar-refractivity contribution is -0.115. The average molecular weight is 401 g/mol. The van der Waals surface area contributed by atoms with Gasteiger partial charge >= 0.3 is 5.97 Å². The van der Waals surface area contributed by atoms with E-state index in [2.05, 4.69) is 5.32 Å². The van der Waals surface area contributed by atoms with Gasteiger partial charge in [-0.1, -0.05) is 30.0 Å². The van der Waals surface area contributed by atoms with Gasteiger partial charge in [0.25, 0.3) is 5.91 Å². The number of hydrogen-bond donors (Lipinski definition) is 1. The van der Waals surface area contributed by atoms with E-state index in [4.69, 9.17) is 26.4 Å². The fraction of sp³-hybridized carbons (Fsp3) is 0.105. The number of esters is 1. The first-order valence-corrected chi connectivity index (χ1v) is 9.02. The Balaban J connectivity index is 1.85. The van der Waals surface area contributed by atoms with E-state index in [-0.39, 0.29) is 11.7 Å². The lowest BCUT2D eigenvalue weighted by atomic mass is 10.1. The molecule has 1 N–H and O–H groups in total. The van der Waals surface area contributed by atoms with Crippen LogP contribution in [-0.4, -0.2) is 30.4 Å². The number of carbonyl (C=O) groups excluding carboxylic acids is 2. The Kier molecular flexibility index (Phi) is 5.78. The Morgan fingerprint density at radius 2 is 1.81 bits per heavy atom.